The summed E-state index contributed by atoms with van der Waals surface area (Å²) in [5, 5.41) is 9.06. The second-order valence-electron chi connectivity index (χ2n) is 9.26. The molecule has 2 aliphatic heterocycles. The van der Waals surface area contributed by atoms with Gasteiger partial charge in [-0.05, 0) is 56.8 Å². The molecule has 0 aromatic carbocycles. The molecule has 6 nitrogen and oxygen atoms in total. The van der Waals surface area contributed by atoms with E-state index in [0.717, 1.165) is 25.8 Å². The van der Waals surface area contributed by atoms with Crippen molar-refractivity contribution in [1.82, 2.24) is 9.97 Å². The van der Waals surface area contributed by atoms with Crippen molar-refractivity contribution in [3.05, 3.63) is 11.3 Å². The lowest BCUT2D eigenvalue weighted by Gasteiger charge is -2.36. The van der Waals surface area contributed by atoms with Gasteiger partial charge in [0.1, 0.15) is 11.5 Å². The lowest BCUT2D eigenvalue weighted by atomic mass is 9.92. The zero-order valence-electron chi connectivity index (χ0n) is 16.8. The van der Waals surface area contributed by atoms with Gasteiger partial charge in [0.2, 0.25) is 5.95 Å². The number of rotatable bonds is 4. The highest BCUT2D eigenvalue weighted by Crippen LogP contribution is 2.55. The molecule has 8 heteroatoms. The molecule has 1 saturated carbocycles. The van der Waals surface area contributed by atoms with Crippen LogP contribution < -0.4 is 9.80 Å². The van der Waals surface area contributed by atoms with Crippen LogP contribution in [-0.4, -0.2) is 46.7 Å². The number of anilines is 2. The Balaban J connectivity index is 1.48. The van der Waals surface area contributed by atoms with Gasteiger partial charge in [0.05, 0.1) is 0 Å². The lowest BCUT2D eigenvalue weighted by Crippen LogP contribution is -2.40. The van der Waals surface area contributed by atoms with E-state index in [2.05, 4.69) is 21.7 Å². The van der Waals surface area contributed by atoms with E-state index >= 15 is 0 Å². The zero-order valence-corrected chi connectivity index (χ0v) is 16.8. The Kier molecular flexibility index (Phi) is 4.44. The van der Waals surface area contributed by atoms with Gasteiger partial charge in [-0.1, -0.05) is 0 Å². The summed E-state index contributed by atoms with van der Waals surface area (Å²) in [6, 6.07) is 0.249. The quantitative estimate of drug-likeness (QED) is 0.826. The number of hydrogen-bond acceptors (Lipinski definition) is 5. The number of carboxylic acid groups (broad SMARTS) is 1. The number of aliphatic carboxylic acids is 1. The van der Waals surface area contributed by atoms with Crippen molar-refractivity contribution in [1.29, 1.82) is 0 Å². The average molecular weight is 406 g/mol. The topological polar surface area (TPSA) is 69.6 Å². The number of piperidine rings is 2. The maximum Gasteiger partial charge on any atom is 0.303 e. The fourth-order valence-corrected chi connectivity index (χ4v) is 5.71. The Bertz CT molecular complexity index is 821. The molecule has 4 atom stereocenters. The van der Waals surface area contributed by atoms with E-state index in [4.69, 9.17) is 10.1 Å². The Hall–Kier alpha value is -1.99. The number of nitrogens with zero attached hydrogens (tertiary/aromatic N) is 4. The van der Waals surface area contributed by atoms with Crippen LogP contribution in [0.25, 0.3) is 0 Å². The van der Waals surface area contributed by atoms with Crippen LogP contribution in [0.3, 0.4) is 0 Å². The monoisotopic (exact) mass is 406 g/mol. The molecule has 29 heavy (non-hydrogen) atoms. The van der Waals surface area contributed by atoms with E-state index in [1.807, 2.05) is 0 Å². The van der Waals surface area contributed by atoms with Crippen LogP contribution in [0.5, 0.6) is 0 Å². The molecule has 1 N–H and O–H groups in total. The number of carboxylic acids is 1. The van der Waals surface area contributed by atoms with Gasteiger partial charge in [-0.25, -0.2) is 4.98 Å². The molecule has 2 saturated heterocycles. The van der Waals surface area contributed by atoms with E-state index in [0.29, 0.717) is 55.1 Å². The molecule has 5 rings (SSSR count). The molecule has 3 fully saturated rings. The van der Waals surface area contributed by atoms with E-state index < -0.39 is 11.9 Å². The summed E-state index contributed by atoms with van der Waals surface area (Å²) >= 11 is 0. The maximum absolute atomic E-state index is 14.8. The Morgan fingerprint density at radius 2 is 1.97 bits per heavy atom. The normalized spacial score (nSPS) is 32.7. The van der Waals surface area contributed by atoms with E-state index in [1.54, 1.807) is 0 Å². The van der Waals surface area contributed by atoms with Gasteiger partial charge < -0.3 is 14.9 Å². The fraction of sp³-hybridized carbons (Fsp3) is 0.762. The number of hydrogen-bond donors (Lipinski definition) is 1. The van der Waals surface area contributed by atoms with Gasteiger partial charge in [-0.3, -0.25) is 4.79 Å². The molecule has 0 unspecified atom stereocenters. The third kappa shape index (κ3) is 3.24. The van der Waals surface area contributed by atoms with Gasteiger partial charge >= 0.3 is 5.97 Å². The summed E-state index contributed by atoms with van der Waals surface area (Å²) in [5.41, 5.74) is 0.523. The number of carbonyl (C=O) groups is 1. The van der Waals surface area contributed by atoms with Crippen molar-refractivity contribution < 1.29 is 18.7 Å². The van der Waals surface area contributed by atoms with Crippen LogP contribution in [0.15, 0.2) is 0 Å². The highest BCUT2D eigenvalue weighted by atomic mass is 19.3. The maximum atomic E-state index is 14.8. The van der Waals surface area contributed by atoms with Crippen LogP contribution >= 0.6 is 0 Å². The fourth-order valence-electron chi connectivity index (χ4n) is 5.71. The summed E-state index contributed by atoms with van der Waals surface area (Å²) in [6.45, 7) is 4.34. The highest BCUT2D eigenvalue weighted by Gasteiger charge is 2.57. The standard InChI is InChI=1S/C21H28F2N4O2/c1-12-5-2-3-8-27(12)20-24-18-13(6-4-7-21(18,22)23)19(25-20)26-10-15-14(9-17(28)29)16(15)11-26/h12,14-16H,2-11H2,1H3,(H,28,29)/t12-,14-,15+,16-/m1/s1. The summed E-state index contributed by atoms with van der Waals surface area (Å²) in [4.78, 5) is 24.5. The molecule has 1 aromatic rings. The van der Waals surface area contributed by atoms with Crippen LogP contribution in [0.4, 0.5) is 20.5 Å². The number of alkyl halides is 2. The summed E-state index contributed by atoms with van der Waals surface area (Å²) < 4.78 is 29.6. The van der Waals surface area contributed by atoms with Gasteiger partial charge in [0, 0.05) is 44.1 Å². The predicted octanol–water partition coefficient (Wildman–Crippen LogP) is 3.44. The molecule has 3 heterocycles. The molecular formula is C21H28F2N4O2. The number of aromatic nitrogens is 2. The smallest absolute Gasteiger partial charge is 0.303 e. The van der Waals surface area contributed by atoms with Crippen LogP contribution in [0, 0.1) is 17.8 Å². The highest BCUT2D eigenvalue weighted by molar-refractivity contribution is 5.68. The minimum Gasteiger partial charge on any atom is -0.481 e. The first-order valence-electron chi connectivity index (χ1n) is 10.9. The minimum absolute atomic E-state index is 0.0795. The largest absolute Gasteiger partial charge is 0.481 e. The van der Waals surface area contributed by atoms with Crippen LogP contribution in [0.2, 0.25) is 0 Å². The first kappa shape index (κ1) is 19.0. The molecule has 4 aliphatic rings. The van der Waals surface area contributed by atoms with Gasteiger partial charge in [-0.2, -0.15) is 13.8 Å². The van der Waals surface area contributed by atoms with Crippen molar-refractivity contribution in [3.8, 4) is 0 Å². The van der Waals surface area contributed by atoms with Crippen molar-refractivity contribution in [2.75, 3.05) is 29.4 Å². The first-order valence-corrected chi connectivity index (χ1v) is 10.9. The molecule has 0 radical (unpaired) electrons. The van der Waals surface area contributed by atoms with Gasteiger partial charge in [0.15, 0.2) is 0 Å². The van der Waals surface area contributed by atoms with E-state index in [-0.39, 0.29) is 30.5 Å². The average Bonchev–Trinajstić information content (AvgIpc) is 3.10. The number of fused-ring (bicyclic) bond motifs is 2. The summed E-state index contributed by atoms with van der Waals surface area (Å²) in [5.74, 6) is -1.64. The molecule has 158 valence electrons. The van der Waals surface area contributed by atoms with Gasteiger partial charge in [-0.15, -0.1) is 0 Å². The van der Waals surface area contributed by atoms with Crippen molar-refractivity contribution in [2.45, 2.75) is 63.8 Å². The van der Waals surface area contributed by atoms with Crippen LogP contribution in [-0.2, 0) is 17.1 Å². The second-order valence-corrected chi connectivity index (χ2v) is 9.26. The summed E-state index contributed by atoms with van der Waals surface area (Å²) in [7, 11) is 0. The summed E-state index contributed by atoms with van der Waals surface area (Å²) in [6.07, 6.45) is 4.28. The van der Waals surface area contributed by atoms with E-state index in [1.165, 1.54) is 0 Å². The van der Waals surface area contributed by atoms with Crippen LogP contribution in [0.1, 0.15) is 56.7 Å². The molecule has 2 aliphatic carbocycles. The SMILES string of the molecule is C[C@@H]1CCCCN1c1nc(N2C[C@@H]3[C@H](CC(=O)O)[C@@H]3C2)c2c(n1)C(F)(F)CCC2. The first-order chi connectivity index (χ1) is 13.8. The molecule has 0 amide bonds. The van der Waals surface area contributed by atoms with Gasteiger partial charge in [0.25, 0.3) is 5.92 Å². The molecule has 1 aromatic heterocycles. The zero-order chi connectivity index (χ0) is 20.3. The van der Waals surface area contributed by atoms with Crippen molar-refractivity contribution in [2.24, 2.45) is 17.8 Å². The third-order valence-corrected chi connectivity index (χ3v) is 7.38. The Morgan fingerprint density at radius 1 is 1.21 bits per heavy atom. The Morgan fingerprint density at radius 3 is 2.66 bits per heavy atom. The van der Waals surface area contributed by atoms with Crippen molar-refractivity contribution >= 4 is 17.7 Å². The third-order valence-electron chi connectivity index (χ3n) is 7.38. The lowest BCUT2D eigenvalue weighted by molar-refractivity contribution is -0.137. The molecular weight excluding hydrogens is 378 g/mol. The Labute approximate surface area is 169 Å². The second kappa shape index (κ2) is 6.77. The van der Waals surface area contributed by atoms with Crippen molar-refractivity contribution in [3.63, 3.8) is 0 Å². The van der Waals surface area contributed by atoms with E-state index in [9.17, 15) is 13.6 Å². The molecule has 0 bridgehead atoms. The predicted molar refractivity (Wildman–Crippen MR) is 104 cm³/mol. The molecule has 0 spiro atoms. The number of halogens is 2. The minimum atomic E-state index is -2.91.